The standard InChI is InChI=1S/C15H14F3N3O6S/c16-15(17,18)10-2-1-3-11(8-10)28(24,25)19-6-4-14(23)26-9-13(22)20-12-5-7-27-21-12/h1-3,5,7-8,19H,4,6,9H2,(H,20,21,22). The number of carbonyl (C=O) groups excluding carboxylic acids is 2. The van der Waals surface area contributed by atoms with Crippen LogP contribution in [0.4, 0.5) is 19.0 Å². The number of hydrogen-bond acceptors (Lipinski definition) is 7. The van der Waals surface area contributed by atoms with Crippen LogP contribution in [-0.4, -0.2) is 38.6 Å². The Labute approximate surface area is 156 Å². The number of hydrogen-bond donors (Lipinski definition) is 2. The van der Waals surface area contributed by atoms with Crippen LogP contribution >= 0.6 is 0 Å². The van der Waals surface area contributed by atoms with Crippen LogP contribution in [0, 0.1) is 0 Å². The second-order valence-electron chi connectivity index (χ2n) is 5.27. The number of ether oxygens (including phenoxy) is 1. The molecular formula is C15H14F3N3O6S. The number of anilines is 1. The van der Waals surface area contributed by atoms with E-state index in [4.69, 9.17) is 0 Å². The van der Waals surface area contributed by atoms with Crippen molar-refractivity contribution in [3.8, 4) is 0 Å². The van der Waals surface area contributed by atoms with Crippen molar-refractivity contribution in [3.63, 3.8) is 0 Å². The molecule has 0 fully saturated rings. The van der Waals surface area contributed by atoms with Crippen molar-refractivity contribution in [2.45, 2.75) is 17.5 Å². The number of aromatic nitrogens is 1. The van der Waals surface area contributed by atoms with Gasteiger partial charge in [-0.05, 0) is 18.2 Å². The number of halogens is 3. The van der Waals surface area contributed by atoms with Crippen molar-refractivity contribution in [2.24, 2.45) is 0 Å². The molecular weight excluding hydrogens is 407 g/mol. The van der Waals surface area contributed by atoms with E-state index in [2.05, 4.69) is 19.7 Å². The first-order chi connectivity index (χ1) is 13.1. The third kappa shape index (κ3) is 6.35. The van der Waals surface area contributed by atoms with Crippen molar-refractivity contribution >= 4 is 27.7 Å². The van der Waals surface area contributed by atoms with Gasteiger partial charge in [0.25, 0.3) is 5.91 Å². The topological polar surface area (TPSA) is 128 Å². The fraction of sp³-hybridized carbons (Fsp3) is 0.267. The first kappa shape index (κ1) is 21.4. The highest BCUT2D eigenvalue weighted by Gasteiger charge is 2.31. The summed E-state index contributed by atoms with van der Waals surface area (Å²) < 4.78 is 73.2. The number of alkyl halides is 3. The maximum Gasteiger partial charge on any atom is 0.416 e. The molecule has 0 bridgehead atoms. The zero-order chi connectivity index (χ0) is 20.8. The molecule has 152 valence electrons. The smallest absolute Gasteiger partial charge is 0.416 e. The molecule has 0 aliphatic carbocycles. The highest BCUT2D eigenvalue weighted by Crippen LogP contribution is 2.30. The molecule has 0 atom stereocenters. The van der Waals surface area contributed by atoms with Gasteiger partial charge < -0.3 is 14.6 Å². The van der Waals surface area contributed by atoms with Crippen LogP contribution in [0.2, 0.25) is 0 Å². The van der Waals surface area contributed by atoms with Gasteiger partial charge >= 0.3 is 12.1 Å². The second-order valence-corrected chi connectivity index (χ2v) is 7.03. The summed E-state index contributed by atoms with van der Waals surface area (Å²) in [5, 5.41) is 5.69. The number of nitrogens with one attached hydrogen (secondary N) is 2. The van der Waals surface area contributed by atoms with Gasteiger partial charge in [0.1, 0.15) is 6.26 Å². The first-order valence-electron chi connectivity index (χ1n) is 7.61. The summed E-state index contributed by atoms with van der Waals surface area (Å²) in [5.41, 5.74) is -1.12. The predicted octanol–water partition coefficient (Wildman–Crippen LogP) is 1.54. The van der Waals surface area contributed by atoms with Gasteiger partial charge in [0.15, 0.2) is 12.4 Å². The van der Waals surface area contributed by atoms with E-state index >= 15 is 0 Å². The average Bonchev–Trinajstić information content (AvgIpc) is 3.12. The Bertz CT molecular complexity index is 929. The quantitative estimate of drug-likeness (QED) is 0.619. The lowest BCUT2D eigenvalue weighted by Gasteiger charge is -2.10. The minimum Gasteiger partial charge on any atom is -0.456 e. The third-order valence-electron chi connectivity index (χ3n) is 3.16. The van der Waals surface area contributed by atoms with Crippen molar-refractivity contribution in [1.82, 2.24) is 9.88 Å². The van der Waals surface area contributed by atoms with Crippen LogP contribution in [0.5, 0.6) is 0 Å². The van der Waals surface area contributed by atoms with Gasteiger partial charge in [0.05, 0.1) is 16.9 Å². The molecule has 2 rings (SSSR count). The lowest BCUT2D eigenvalue weighted by molar-refractivity contribution is -0.147. The Morgan fingerprint density at radius 2 is 1.96 bits per heavy atom. The Balaban J connectivity index is 1.80. The van der Waals surface area contributed by atoms with E-state index in [1.54, 1.807) is 0 Å². The van der Waals surface area contributed by atoms with Crippen LogP contribution in [0.25, 0.3) is 0 Å². The lowest BCUT2D eigenvalue weighted by atomic mass is 10.2. The summed E-state index contributed by atoms with van der Waals surface area (Å²) >= 11 is 0. The van der Waals surface area contributed by atoms with Crippen molar-refractivity contribution < 1.29 is 40.4 Å². The van der Waals surface area contributed by atoms with E-state index < -0.39 is 58.1 Å². The number of nitrogens with zero attached hydrogens (tertiary/aromatic N) is 1. The molecule has 1 aromatic carbocycles. The molecule has 0 aliphatic rings. The van der Waals surface area contributed by atoms with E-state index in [0.29, 0.717) is 6.07 Å². The van der Waals surface area contributed by atoms with Crippen LogP contribution in [-0.2, 0) is 30.5 Å². The lowest BCUT2D eigenvalue weighted by Crippen LogP contribution is -2.28. The molecule has 1 amide bonds. The van der Waals surface area contributed by atoms with Gasteiger partial charge in [-0.3, -0.25) is 9.59 Å². The Morgan fingerprint density at radius 3 is 2.61 bits per heavy atom. The highest BCUT2D eigenvalue weighted by molar-refractivity contribution is 7.89. The zero-order valence-electron chi connectivity index (χ0n) is 14.0. The van der Waals surface area contributed by atoms with E-state index in [0.717, 1.165) is 18.2 Å². The van der Waals surface area contributed by atoms with Crippen LogP contribution in [0.15, 0.2) is 46.0 Å². The van der Waals surface area contributed by atoms with E-state index in [-0.39, 0.29) is 5.82 Å². The molecule has 9 nitrogen and oxygen atoms in total. The van der Waals surface area contributed by atoms with Gasteiger partial charge in [0.2, 0.25) is 10.0 Å². The highest BCUT2D eigenvalue weighted by atomic mass is 32.2. The molecule has 28 heavy (non-hydrogen) atoms. The number of sulfonamides is 1. The molecule has 2 aromatic rings. The molecule has 1 aromatic heterocycles. The summed E-state index contributed by atoms with van der Waals surface area (Å²) in [6.45, 7) is -1.06. The minimum absolute atomic E-state index is 0.120. The molecule has 1 heterocycles. The number of benzene rings is 1. The van der Waals surface area contributed by atoms with Gasteiger partial charge in [-0.15, -0.1) is 0 Å². The molecule has 0 radical (unpaired) electrons. The van der Waals surface area contributed by atoms with Gasteiger partial charge in [-0.25, -0.2) is 13.1 Å². The molecule has 0 unspecified atom stereocenters. The fourth-order valence-electron chi connectivity index (χ4n) is 1.88. The second kappa shape index (κ2) is 8.84. The molecule has 0 saturated heterocycles. The summed E-state index contributed by atoms with van der Waals surface area (Å²) in [6, 6.07) is 4.53. The third-order valence-corrected chi connectivity index (χ3v) is 4.62. The number of carbonyl (C=O) groups is 2. The van der Waals surface area contributed by atoms with Crippen molar-refractivity contribution in [1.29, 1.82) is 0 Å². The van der Waals surface area contributed by atoms with Crippen LogP contribution in [0.1, 0.15) is 12.0 Å². The van der Waals surface area contributed by atoms with E-state index in [1.165, 1.54) is 12.3 Å². The number of esters is 1. The van der Waals surface area contributed by atoms with Gasteiger partial charge in [0, 0.05) is 12.6 Å². The monoisotopic (exact) mass is 421 g/mol. The summed E-state index contributed by atoms with van der Waals surface area (Å²) in [7, 11) is -4.26. The molecule has 0 spiro atoms. The summed E-state index contributed by atoms with van der Waals surface area (Å²) in [5.74, 6) is -1.45. The molecule has 13 heteroatoms. The largest absolute Gasteiger partial charge is 0.456 e. The molecule has 2 N–H and O–H groups in total. The Kier molecular flexibility index (Phi) is 6.75. The fourth-order valence-corrected chi connectivity index (χ4v) is 2.96. The Morgan fingerprint density at radius 1 is 1.21 bits per heavy atom. The maximum atomic E-state index is 12.7. The average molecular weight is 421 g/mol. The SMILES string of the molecule is O=C(COC(=O)CCNS(=O)(=O)c1cccc(C(F)(F)F)c1)Nc1ccon1. The zero-order valence-corrected chi connectivity index (χ0v) is 14.8. The normalized spacial score (nSPS) is 11.8. The van der Waals surface area contributed by atoms with E-state index in [1.807, 2.05) is 4.72 Å². The molecule has 0 aliphatic heterocycles. The molecule has 0 saturated carbocycles. The maximum absolute atomic E-state index is 12.7. The number of amides is 1. The van der Waals surface area contributed by atoms with Crippen molar-refractivity contribution in [2.75, 3.05) is 18.5 Å². The van der Waals surface area contributed by atoms with Gasteiger partial charge in [-0.2, -0.15) is 13.2 Å². The van der Waals surface area contributed by atoms with E-state index in [9.17, 15) is 31.2 Å². The van der Waals surface area contributed by atoms with Crippen LogP contribution in [0.3, 0.4) is 0 Å². The van der Waals surface area contributed by atoms with Crippen LogP contribution < -0.4 is 10.0 Å². The van der Waals surface area contributed by atoms with Gasteiger partial charge in [-0.1, -0.05) is 11.2 Å². The summed E-state index contributed by atoms with van der Waals surface area (Å²) in [4.78, 5) is 22.4. The predicted molar refractivity (Wildman–Crippen MR) is 87.3 cm³/mol. The van der Waals surface area contributed by atoms with Crippen molar-refractivity contribution in [3.05, 3.63) is 42.2 Å². The minimum atomic E-state index is -4.69. The summed E-state index contributed by atoms with van der Waals surface area (Å²) in [6.07, 6.45) is -3.91. The number of rotatable bonds is 8. The first-order valence-corrected chi connectivity index (χ1v) is 9.09. The Hall–Kier alpha value is -2.93.